The molecule has 0 fully saturated rings. The number of H-pyrrole nitrogens is 1. The topological polar surface area (TPSA) is 61.7 Å². The number of benzene rings is 2. The lowest BCUT2D eigenvalue weighted by Crippen LogP contribution is -1.89. The highest BCUT2D eigenvalue weighted by Gasteiger charge is 2.13. The Balaban J connectivity index is 2.11. The van der Waals surface area contributed by atoms with E-state index in [9.17, 15) is 0 Å². The molecule has 0 spiro atoms. The Bertz CT molecular complexity index is 886. The maximum Gasteiger partial charge on any atom is 0.156 e. The third-order valence-electron chi connectivity index (χ3n) is 2.87. The van der Waals surface area contributed by atoms with Gasteiger partial charge < -0.3 is 4.74 Å². The lowest BCUT2D eigenvalue weighted by Gasteiger charge is -2.10. The molecule has 0 aliphatic heterocycles. The summed E-state index contributed by atoms with van der Waals surface area (Å²) in [5, 5.41) is 17.5. The van der Waals surface area contributed by atoms with Crippen LogP contribution in [0.15, 0.2) is 34.9 Å². The first-order chi connectivity index (χ1) is 10.1. The van der Waals surface area contributed by atoms with Crippen LogP contribution in [-0.4, -0.2) is 10.2 Å². The SMILES string of the molecule is N#Cc1cc(Oc2c(Cl)ccc3[nH]ncc23)cc(Cl)c1Br. The Hall–Kier alpha value is -1.74. The maximum atomic E-state index is 9.09. The number of halogens is 3. The van der Waals surface area contributed by atoms with E-state index in [2.05, 4.69) is 26.1 Å². The zero-order valence-electron chi connectivity index (χ0n) is 10.3. The zero-order chi connectivity index (χ0) is 15.0. The first kappa shape index (κ1) is 14.2. The fourth-order valence-electron chi connectivity index (χ4n) is 1.89. The molecular weight excluding hydrogens is 377 g/mol. The number of fused-ring (bicyclic) bond motifs is 1. The van der Waals surface area contributed by atoms with Gasteiger partial charge in [0.25, 0.3) is 0 Å². The maximum absolute atomic E-state index is 9.09. The van der Waals surface area contributed by atoms with Crippen LogP contribution in [0.25, 0.3) is 10.9 Å². The summed E-state index contributed by atoms with van der Waals surface area (Å²) in [5.74, 6) is 0.889. The van der Waals surface area contributed by atoms with Crippen LogP contribution in [0.2, 0.25) is 10.0 Å². The van der Waals surface area contributed by atoms with Gasteiger partial charge in [0.15, 0.2) is 5.75 Å². The summed E-state index contributed by atoms with van der Waals surface area (Å²) in [6.07, 6.45) is 1.63. The quantitative estimate of drug-likeness (QED) is 0.654. The molecule has 1 N–H and O–H groups in total. The van der Waals surface area contributed by atoms with Crippen LogP contribution in [0.4, 0.5) is 0 Å². The zero-order valence-corrected chi connectivity index (χ0v) is 13.4. The van der Waals surface area contributed by atoms with Gasteiger partial charge in [0.2, 0.25) is 0 Å². The van der Waals surface area contributed by atoms with E-state index in [1.54, 1.807) is 24.4 Å². The molecule has 0 atom stereocenters. The normalized spacial score (nSPS) is 10.6. The number of rotatable bonds is 2. The Morgan fingerprint density at radius 1 is 1.24 bits per heavy atom. The van der Waals surface area contributed by atoms with E-state index in [1.807, 2.05) is 12.1 Å². The lowest BCUT2D eigenvalue weighted by molar-refractivity contribution is 0.488. The Labute approximate surface area is 138 Å². The molecule has 3 rings (SSSR count). The van der Waals surface area contributed by atoms with Gasteiger partial charge in [-0.2, -0.15) is 10.4 Å². The van der Waals surface area contributed by atoms with Crippen molar-refractivity contribution < 1.29 is 4.74 Å². The van der Waals surface area contributed by atoms with E-state index < -0.39 is 0 Å². The molecule has 4 nitrogen and oxygen atoms in total. The van der Waals surface area contributed by atoms with Crippen molar-refractivity contribution in [1.29, 1.82) is 5.26 Å². The molecule has 21 heavy (non-hydrogen) atoms. The smallest absolute Gasteiger partial charge is 0.156 e. The minimum atomic E-state index is 0.382. The van der Waals surface area contributed by atoms with Crippen LogP contribution in [0.3, 0.4) is 0 Å². The van der Waals surface area contributed by atoms with Crippen molar-refractivity contribution in [2.24, 2.45) is 0 Å². The fraction of sp³-hybridized carbons (Fsp3) is 0. The summed E-state index contributed by atoms with van der Waals surface area (Å²) < 4.78 is 6.34. The van der Waals surface area contributed by atoms with Crippen molar-refractivity contribution in [1.82, 2.24) is 10.2 Å². The molecule has 3 aromatic rings. The molecule has 0 amide bonds. The number of nitrogens with one attached hydrogen (secondary N) is 1. The van der Waals surface area contributed by atoms with Gasteiger partial charge in [0.1, 0.15) is 11.8 Å². The predicted octanol–water partition coefficient (Wildman–Crippen LogP) is 5.30. The number of hydrogen-bond acceptors (Lipinski definition) is 3. The van der Waals surface area contributed by atoms with Crippen molar-refractivity contribution in [3.8, 4) is 17.6 Å². The largest absolute Gasteiger partial charge is 0.455 e. The minimum Gasteiger partial charge on any atom is -0.455 e. The fourth-order valence-corrected chi connectivity index (χ4v) is 2.62. The average molecular weight is 383 g/mol. The molecule has 1 aromatic heterocycles. The van der Waals surface area contributed by atoms with E-state index in [0.717, 1.165) is 10.9 Å². The highest BCUT2D eigenvalue weighted by molar-refractivity contribution is 9.10. The molecule has 104 valence electrons. The van der Waals surface area contributed by atoms with Gasteiger partial charge in [-0.05, 0) is 34.1 Å². The second kappa shape index (κ2) is 5.57. The molecule has 0 saturated heterocycles. The molecule has 0 aliphatic rings. The van der Waals surface area contributed by atoms with Gasteiger partial charge >= 0.3 is 0 Å². The molecule has 0 bridgehead atoms. The van der Waals surface area contributed by atoms with Crippen molar-refractivity contribution in [2.45, 2.75) is 0 Å². The first-order valence-electron chi connectivity index (χ1n) is 5.78. The van der Waals surface area contributed by atoms with Crippen LogP contribution < -0.4 is 4.74 Å². The van der Waals surface area contributed by atoms with Crippen LogP contribution in [0.5, 0.6) is 11.5 Å². The van der Waals surface area contributed by atoms with Gasteiger partial charge in [-0.3, -0.25) is 5.10 Å². The predicted molar refractivity (Wildman–Crippen MR) is 85.0 cm³/mol. The van der Waals surface area contributed by atoms with E-state index in [-0.39, 0.29) is 0 Å². The Morgan fingerprint density at radius 2 is 2.05 bits per heavy atom. The number of ether oxygens (including phenoxy) is 1. The number of aromatic nitrogens is 2. The van der Waals surface area contributed by atoms with E-state index in [1.165, 1.54) is 0 Å². The van der Waals surface area contributed by atoms with Crippen LogP contribution in [0.1, 0.15) is 5.56 Å². The van der Waals surface area contributed by atoms with Gasteiger partial charge in [-0.15, -0.1) is 0 Å². The summed E-state index contributed by atoms with van der Waals surface area (Å²) in [6, 6.07) is 8.77. The van der Waals surface area contributed by atoms with Crippen molar-refractivity contribution in [3.63, 3.8) is 0 Å². The molecule has 0 aliphatic carbocycles. The van der Waals surface area contributed by atoms with Crippen molar-refractivity contribution in [2.75, 3.05) is 0 Å². The summed E-state index contributed by atoms with van der Waals surface area (Å²) in [4.78, 5) is 0. The first-order valence-corrected chi connectivity index (χ1v) is 7.33. The van der Waals surface area contributed by atoms with E-state index in [0.29, 0.717) is 31.6 Å². The Kier molecular flexibility index (Phi) is 3.77. The highest BCUT2D eigenvalue weighted by Crippen LogP contribution is 2.38. The number of aromatic amines is 1. The van der Waals surface area contributed by atoms with Crippen molar-refractivity contribution in [3.05, 3.63) is 50.5 Å². The average Bonchev–Trinajstić information content (AvgIpc) is 2.94. The molecule has 0 radical (unpaired) electrons. The second-order valence-corrected chi connectivity index (χ2v) is 5.80. The van der Waals surface area contributed by atoms with E-state index >= 15 is 0 Å². The molecule has 0 saturated carbocycles. The number of nitrogens with zero attached hydrogens (tertiary/aromatic N) is 2. The van der Waals surface area contributed by atoms with Crippen LogP contribution >= 0.6 is 39.1 Å². The van der Waals surface area contributed by atoms with Crippen molar-refractivity contribution >= 4 is 50.0 Å². The molecular formula is C14H6BrCl2N3O. The molecule has 2 aromatic carbocycles. The van der Waals surface area contributed by atoms with Gasteiger partial charge in [0.05, 0.1) is 37.2 Å². The number of nitriles is 1. The standard InChI is InChI=1S/C14H6BrCl2N3O/c15-13-7(5-18)3-8(4-11(13)17)21-14-9-6-19-20-12(9)2-1-10(14)16/h1-4,6H,(H,19,20). The monoisotopic (exact) mass is 381 g/mol. The lowest BCUT2D eigenvalue weighted by atomic mass is 10.2. The van der Waals surface area contributed by atoms with Gasteiger partial charge in [-0.1, -0.05) is 23.2 Å². The van der Waals surface area contributed by atoms with Gasteiger partial charge in [0, 0.05) is 6.07 Å². The minimum absolute atomic E-state index is 0.382. The Morgan fingerprint density at radius 3 is 2.81 bits per heavy atom. The summed E-state index contributed by atoms with van der Waals surface area (Å²) in [5.41, 5.74) is 1.19. The summed E-state index contributed by atoms with van der Waals surface area (Å²) in [6.45, 7) is 0. The van der Waals surface area contributed by atoms with E-state index in [4.69, 9.17) is 33.2 Å². The summed E-state index contributed by atoms with van der Waals surface area (Å²) >= 11 is 15.5. The molecule has 0 unspecified atom stereocenters. The third-order valence-corrected chi connectivity index (χ3v) is 4.55. The molecule has 7 heteroatoms. The van der Waals surface area contributed by atoms with Gasteiger partial charge in [-0.25, -0.2) is 0 Å². The number of hydrogen-bond donors (Lipinski definition) is 1. The molecule has 1 heterocycles. The van der Waals surface area contributed by atoms with Crippen LogP contribution in [-0.2, 0) is 0 Å². The van der Waals surface area contributed by atoms with Crippen LogP contribution in [0, 0.1) is 11.3 Å². The third kappa shape index (κ3) is 2.58. The highest BCUT2D eigenvalue weighted by atomic mass is 79.9. The second-order valence-electron chi connectivity index (χ2n) is 4.19. The summed E-state index contributed by atoms with van der Waals surface area (Å²) in [7, 11) is 0.